The smallest absolute Gasteiger partial charge is 0.310 e. The highest BCUT2D eigenvalue weighted by Crippen LogP contribution is 2.27. The van der Waals surface area contributed by atoms with Gasteiger partial charge in [-0.2, -0.15) is 0 Å². The van der Waals surface area contributed by atoms with Crippen molar-refractivity contribution in [1.29, 1.82) is 0 Å². The van der Waals surface area contributed by atoms with E-state index in [9.17, 15) is 14.9 Å². The first-order valence-electron chi connectivity index (χ1n) is 6.11. The van der Waals surface area contributed by atoms with Gasteiger partial charge in [0, 0.05) is 12.1 Å². The third-order valence-electron chi connectivity index (χ3n) is 2.69. The Kier molecular flexibility index (Phi) is 5.29. The molecule has 1 rings (SSSR count). The summed E-state index contributed by atoms with van der Waals surface area (Å²) in [5.74, 6) is -0.172. The second-order valence-electron chi connectivity index (χ2n) is 4.39. The van der Waals surface area contributed by atoms with E-state index in [1.807, 2.05) is 13.8 Å². The molecule has 19 heavy (non-hydrogen) atoms. The quantitative estimate of drug-likeness (QED) is 0.632. The molecular weight excluding hydrogens is 248 g/mol. The van der Waals surface area contributed by atoms with Crippen LogP contribution in [-0.2, 0) is 4.79 Å². The van der Waals surface area contributed by atoms with Crippen molar-refractivity contribution in [1.82, 2.24) is 5.32 Å². The average Bonchev–Trinajstić information content (AvgIpc) is 2.35. The lowest BCUT2D eigenvalue weighted by atomic mass is 10.2. The molecule has 1 unspecified atom stereocenters. The fourth-order valence-electron chi connectivity index (χ4n) is 1.45. The number of hydrogen-bond acceptors (Lipinski definition) is 4. The molecule has 104 valence electrons. The third kappa shape index (κ3) is 4.57. The Labute approximate surface area is 111 Å². The third-order valence-corrected chi connectivity index (χ3v) is 2.69. The van der Waals surface area contributed by atoms with Crippen molar-refractivity contribution in [3.63, 3.8) is 0 Å². The van der Waals surface area contributed by atoms with E-state index in [4.69, 9.17) is 4.74 Å². The molecule has 1 N–H and O–H groups in total. The number of ether oxygens (including phenoxy) is 1. The van der Waals surface area contributed by atoms with Crippen LogP contribution in [0.1, 0.15) is 25.8 Å². The minimum Gasteiger partial charge on any atom is -0.477 e. The van der Waals surface area contributed by atoms with E-state index >= 15 is 0 Å². The molecule has 0 radical (unpaired) electrons. The number of nitrogens with zero attached hydrogens (tertiary/aromatic N) is 1. The van der Waals surface area contributed by atoms with Gasteiger partial charge in [0.15, 0.2) is 12.4 Å². The van der Waals surface area contributed by atoms with E-state index in [0.29, 0.717) is 0 Å². The number of carbonyl (C=O) groups is 1. The van der Waals surface area contributed by atoms with Crippen LogP contribution in [0.25, 0.3) is 0 Å². The molecule has 0 aliphatic carbocycles. The number of carbonyl (C=O) groups excluding carboxylic acids is 1. The van der Waals surface area contributed by atoms with Crippen molar-refractivity contribution >= 4 is 11.6 Å². The molecule has 6 heteroatoms. The molecule has 0 bridgehead atoms. The van der Waals surface area contributed by atoms with E-state index < -0.39 is 4.92 Å². The molecule has 0 aliphatic heterocycles. The Hall–Kier alpha value is -2.11. The van der Waals surface area contributed by atoms with Crippen molar-refractivity contribution in [3.05, 3.63) is 33.9 Å². The Morgan fingerprint density at radius 2 is 2.21 bits per heavy atom. The van der Waals surface area contributed by atoms with Crippen molar-refractivity contribution in [2.24, 2.45) is 0 Å². The summed E-state index contributed by atoms with van der Waals surface area (Å²) in [5, 5.41) is 13.6. The molecule has 0 fully saturated rings. The number of hydrogen-bond donors (Lipinski definition) is 1. The first-order valence-corrected chi connectivity index (χ1v) is 6.11. The van der Waals surface area contributed by atoms with E-state index in [0.717, 1.165) is 12.0 Å². The number of nitrogens with one attached hydrogen (secondary N) is 1. The van der Waals surface area contributed by atoms with Gasteiger partial charge in [0.05, 0.1) is 4.92 Å². The van der Waals surface area contributed by atoms with Gasteiger partial charge in [0.1, 0.15) is 0 Å². The maximum absolute atomic E-state index is 11.5. The molecule has 0 saturated carbocycles. The summed E-state index contributed by atoms with van der Waals surface area (Å²) in [7, 11) is 0. The van der Waals surface area contributed by atoms with E-state index in [1.54, 1.807) is 19.1 Å². The predicted molar refractivity (Wildman–Crippen MR) is 71.2 cm³/mol. The van der Waals surface area contributed by atoms with Gasteiger partial charge >= 0.3 is 5.69 Å². The molecule has 1 aromatic rings. The molecule has 1 amide bonds. The van der Waals surface area contributed by atoms with Crippen LogP contribution in [0.5, 0.6) is 5.75 Å². The normalized spacial score (nSPS) is 11.7. The Balaban J connectivity index is 2.69. The summed E-state index contributed by atoms with van der Waals surface area (Å²) >= 11 is 0. The Bertz CT molecular complexity index is 474. The zero-order valence-electron chi connectivity index (χ0n) is 11.3. The van der Waals surface area contributed by atoms with Gasteiger partial charge in [-0.1, -0.05) is 13.0 Å². The number of benzene rings is 1. The van der Waals surface area contributed by atoms with Crippen LogP contribution in [0.15, 0.2) is 18.2 Å². The van der Waals surface area contributed by atoms with Crippen LogP contribution >= 0.6 is 0 Å². The summed E-state index contributed by atoms with van der Waals surface area (Å²) in [6.07, 6.45) is 0.816. The standard InChI is InChI=1S/C13H18N2O4/c1-4-10(3)14-13(16)8-19-12-7-9(2)5-6-11(12)15(17)18/h5-7,10H,4,8H2,1-3H3,(H,14,16). The Morgan fingerprint density at radius 1 is 1.53 bits per heavy atom. The molecule has 0 saturated heterocycles. The summed E-state index contributed by atoms with van der Waals surface area (Å²) in [4.78, 5) is 21.8. The maximum atomic E-state index is 11.5. The highest BCUT2D eigenvalue weighted by molar-refractivity contribution is 5.78. The SMILES string of the molecule is CCC(C)NC(=O)COc1cc(C)ccc1[N+](=O)[O-]. The van der Waals surface area contributed by atoms with E-state index in [2.05, 4.69) is 5.32 Å². The van der Waals surface area contributed by atoms with Crippen molar-refractivity contribution in [2.45, 2.75) is 33.2 Å². The second kappa shape index (κ2) is 6.72. The van der Waals surface area contributed by atoms with Gasteiger partial charge in [0.25, 0.3) is 5.91 Å². The zero-order valence-corrected chi connectivity index (χ0v) is 11.3. The number of rotatable bonds is 6. The summed E-state index contributed by atoms with van der Waals surface area (Å²) in [5.41, 5.74) is 0.699. The van der Waals surface area contributed by atoms with Gasteiger partial charge in [-0.05, 0) is 31.9 Å². The lowest BCUT2D eigenvalue weighted by molar-refractivity contribution is -0.385. The number of aryl methyl sites for hydroxylation is 1. The zero-order chi connectivity index (χ0) is 14.4. The first kappa shape index (κ1) is 14.9. The minimum atomic E-state index is -0.526. The van der Waals surface area contributed by atoms with Crippen LogP contribution in [0.2, 0.25) is 0 Å². The van der Waals surface area contributed by atoms with Crippen LogP contribution < -0.4 is 10.1 Å². The van der Waals surface area contributed by atoms with Crippen LogP contribution in [-0.4, -0.2) is 23.5 Å². The van der Waals surface area contributed by atoms with Gasteiger partial charge in [0.2, 0.25) is 0 Å². The van der Waals surface area contributed by atoms with Crippen molar-refractivity contribution in [3.8, 4) is 5.75 Å². The minimum absolute atomic E-state index is 0.0589. The van der Waals surface area contributed by atoms with Gasteiger partial charge in [-0.3, -0.25) is 14.9 Å². The van der Waals surface area contributed by atoms with Crippen LogP contribution in [0.3, 0.4) is 0 Å². The van der Waals surface area contributed by atoms with E-state index in [1.165, 1.54) is 6.07 Å². The lowest BCUT2D eigenvalue weighted by Crippen LogP contribution is -2.35. The second-order valence-corrected chi connectivity index (χ2v) is 4.39. The molecule has 0 aromatic heterocycles. The monoisotopic (exact) mass is 266 g/mol. The fraction of sp³-hybridized carbons (Fsp3) is 0.462. The molecule has 1 aromatic carbocycles. The highest BCUT2D eigenvalue weighted by Gasteiger charge is 2.16. The largest absolute Gasteiger partial charge is 0.477 e. The van der Waals surface area contributed by atoms with Crippen LogP contribution in [0.4, 0.5) is 5.69 Å². The number of nitro groups is 1. The van der Waals surface area contributed by atoms with Crippen LogP contribution in [0, 0.1) is 17.0 Å². The maximum Gasteiger partial charge on any atom is 0.310 e. The molecule has 0 heterocycles. The van der Waals surface area contributed by atoms with Crippen molar-refractivity contribution < 1.29 is 14.5 Å². The molecular formula is C13H18N2O4. The summed E-state index contributed by atoms with van der Waals surface area (Å²) in [6.45, 7) is 5.41. The van der Waals surface area contributed by atoms with E-state index in [-0.39, 0.29) is 30.0 Å². The van der Waals surface area contributed by atoms with Gasteiger partial charge < -0.3 is 10.1 Å². The fourth-order valence-corrected chi connectivity index (χ4v) is 1.45. The summed E-state index contributed by atoms with van der Waals surface area (Å²) < 4.78 is 5.23. The molecule has 0 spiro atoms. The molecule has 1 atom stereocenters. The van der Waals surface area contributed by atoms with Gasteiger partial charge in [-0.25, -0.2) is 0 Å². The predicted octanol–water partition coefficient (Wildman–Crippen LogP) is 2.20. The number of nitro benzene ring substituents is 1. The first-order chi connectivity index (χ1) is 8.93. The topological polar surface area (TPSA) is 81.5 Å². The average molecular weight is 266 g/mol. The molecule has 6 nitrogen and oxygen atoms in total. The van der Waals surface area contributed by atoms with Gasteiger partial charge in [-0.15, -0.1) is 0 Å². The molecule has 0 aliphatic rings. The Morgan fingerprint density at radius 3 is 2.79 bits per heavy atom. The summed E-state index contributed by atoms with van der Waals surface area (Å²) in [6, 6.07) is 4.61. The number of amides is 1. The lowest BCUT2D eigenvalue weighted by Gasteiger charge is -2.12. The van der Waals surface area contributed by atoms with Crippen molar-refractivity contribution in [2.75, 3.05) is 6.61 Å². The highest BCUT2D eigenvalue weighted by atomic mass is 16.6.